The number of hydrogen-bond donors (Lipinski definition) is 0. The van der Waals surface area contributed by atoms with Crippen LogP contribution in [0.15, 0.2) is 18.2 Å². The maximum atomic E-state index is 10.9. The molecule has 0 saturated heterocycles. The highest BCUT2D eigenvalue weighted by Gasteiger charge is 2.17. The molecule has 0 aliphatic carbocycles. The molecule has 0 spiro atoms. The van der Waals surface area contributed by atoms with Gasteiger partial charge in [-0.1, -0.05) is 13.8 Å². The molecule has 0 amide bonds. The number of nitrogens with zero attached hydrogens (tertiary/aromatic N) is 2. The van der Waals surface area contributed by atoms with Gasteiger partial charge in [0.15, 0.2) is 6.29 Å². The normalized spacial score (nSPS) is 12.3. The van der Waals surface area contributed by atoms with Crippen molar-refractivity contribution >= 4 is 17.7 Å². The second kappa shape index (κ2) is 6.31. The molecule has 0 bridgehead atoms. The zero-order chi connectivity index (χ0) is 14.6. The molecular formula is C14H20N2O3. The Morgan fingerprint density at radius 1 is 1.37 bits per heavy atom. The van der Waals surface area contributed by atoms with Crippen molar-refractivity contribution in [2.45, 2.75) is 33.2 Å². The van der Waals surface area contributed by atoms with Crippen LogP contribution in [0.25, 0.3) is 0 Å². The van der Waals surface area contributed by atoms with Crippen LogP contribution in [0.1, 0.15) is 37.6 Å². The summed E-state index contributed by atoms with van der Waals surface area (Å²) in [5.41, 5.74) is 0.788. The Hall–Kier alpha value is -1.91. The SMILES string of the molecule is CC(C)CC(C)N(C)c1ccc([N+](=O)[O-])c(C=O)c1. The molecule has 0 aliphatic heterocycles. The zero-order valence-electron chi connectivity index (χ0n) is 11.8. The molecule has 5 heteroatoms. The van der Waals surface area contributed by atoms with E-state index in [1.807, 2.05) is 11.9 Å². The van der Waals surface area contributed by atoms with Crippen molar-refractivity contribution in [1.82, 2.24) is 0 Å². The molecule has 0 saturated carbocycles. The van der Waals surface area contributed by atoms with Crippen molar-refractivity contribution < 1.29 is 9.72 Å². The highest BCUT2D eigenvalue weighted by Crippen LogP contribution is 2.25. The van der Waals surface area contributed by atoms with Gasteiger partial charge in [0.1, 0.15) is 0 Å². The average Bonchev–Trinajstić information content (AvgIpc) is 2.36. The molecule has 0 radical (unpaired) electrons. The van der Waals surface area contributed by atoms with Gasteiger partial charge in [0, 0.05) is 24.8 Å². The number of nitro benzene ring substituents is 1. The Balaban J connectivity index is 3.02. The van der Waals surface area contributed by atoms with E-state index in [-0.39, 0.29) is 11.3 Å². The Morgan fingerprint density at radius 2 is 2.00 bits per heavy atom. The smallest absolute Gasteiger partial charge is 0.280 e. The first-order chi connectivity index (χ1) is 8.86. The fourth-order valence-corrected chi connectivity index (χ4v) is 2.12. The van der Waals surface area contributed by atoms with Crippen LogP contribution < -0.4 is 4.90 Å². The lowest BCUT2D eigenvalue weighted by Crippen LogP contribution is -2.30. The molecule has 104 valence electrons. The van der Waals surface area contributed by atoms with Crippen molar-refractivity contribution in [2.24, 2.45) is 5.92 Å². The molecule has 5 nitrogen and oxygen atoms in total. The molecule has 0 N–H and O–H groups in total. The summed E-state index contributed by atoms with van der Waals surface area (Å²) in [5.74, 6) is 0.570. The Bertz CT molecular complexity index is 472. The number of rotatable bonds is 6. The van der Waals surface area contributed by atoms with E-state index in [2.05, 4.69) is 20.8 Å². The summed E-state index contributed by atoms with van der Waals surface area (Å²) in [7, 11) is 1.93. The van der Waals surface area contributed by atoms with Gasteiger partial charge in [-0.05, 0) is 31.4 Å². The number of benzene rings is 1. The molecule has 1 rings (SSSR count). The quantitative estimate of drug-likeness (QED) is 0.449. The first kappa shape index (κ1) is 15.1. The number of carbonyl (C=O) groups is 1. The Labute approximate surface area is 113 Å². The van der Waals surface area contributed by atoms with Gasteiger partial charge in [0.25, 0.3) is 5.69 Å². The number of nitro groups is 1. The number of carbonyl (C=O) groups excluding carboxylic acids is 1. The molecule has 1 atom stereocenters. The van der Waals surface area contributed by atoms with Crippen LogP contribution in [-0.4, -0.2) is 24.3 Å². The zero-order valence-corrected chi connectivity index (χ0v) is 11.8. The molecule has 1 unspecified atom stereocenters. The molecule has 0 aliphatic rings. The molecule has 19 heavy (non-hydrogen) atoms. The molecule has 1 aromatic rings. The van der Waals surface area contributed by atoms with E-state index in [0.717, 1.165) is 12.1 Å². The van der Waals surface area contributed by atoms with Crippen molar-refractivity contribution in [3.05, 3.63) is 33.9 Å². The van der Waals surface area contributed by atoms with Crippen LogP contribution >= 0.6 is 0 Å². The second-order valence-corrected chi connectivity index (χ2v) is 5.21. The molecule has 0 aromatic heterocycles. The second-order valence-electron chi connectivity index (χ2n) is 5.21. The van der Waals surface area contributed by atoms with Gasteiger partial charge in [-0.25, -0.2) is 0 Å². The van der Waals surface area contributed by atoms with Gasteiger partial charge in [0.05, 0.1) is 10.5 Å². The van der Waals surface area contributed by atoms with Crippen LogP contribution in [0.4, 0.5) is 11.4 Å². The van der Waals surface area contributed by atoms with Crippen molar-refractivity contribution in [3.63, 3.8) is 0 Å². The van der Waals surface area contributed by atoms with Crippen LogP contribution in [0.5, 0.6) is 0 Å². The topological polar surface area (TPSA) is 63.4 Å². The average molecular weight is 264 g/mol. The first-order valence-corrected chi connectivity index (χ1v) is 6.33. The largest absolute Gasteiger partial charge is 0.372 e. The lowest BCUT2D eigenvalue weighted by molar-refractivity contribution is -0.385. The summed E-state index contributed by atoms with van der Waals surface area (Å²) >= 11 is 0. The van der Waals surface area contributed by atoms with Gasteiger partial charge >= 0.3 is 0 Å². The van der Waals surface area contributed by atoms with Crippen molar-refractivity contribution in [3.8, 4) is 0 Å². The van der Waals surface area contributed by atoms with Crippen molar-refractivity contribution in [2.75, 3.05) is 11.9 Å². The van der Waals surface area contributed by atoms with Crippen LogP contribution in [-0.2, 0) is 0 Å². The third-order valence-corrected chi connectivity index (χ3v) is 3.22. The number of anilines is 1. The van der Waals surface area contributed by atoms with E-state index in [1.54, 1.807) is 12.1 Å². The highest BCUT2D eigenvalue weighted by atomic mass is 16.6. The lowest BCUT2D eigenvalue weighted by Gasteiger charge is -2.28. The van der Waals surface area contributed by atoms with E-state index in [4.69, 9.17) is 0 Å². The van der Waals surface area contributed by atoms with E-state index in [9.17, 15) is 14.9 Å². The third-order valence-electron chi connectivity index (χ3n) is 3.22. The standard InChI is InChI=1S/C14H20N2O3/c1-10(2)7-11(3)15(4)13-5-6-14(16(18)19)12(8-13)9-17/h5-6,8-11H,7H2,1-4H3. The Morgan fingerprint density at radius 3 is 2.47 bits per heavy atom. The van der Waals surface area contributed by atoms with Crippen LogP contribution in [0.2, 0.25) is 0 Å². The minimum Gasteiger partial charge on any atom is -0.372 e. The summed E-state index contributed by atoms with van der Waals surface area (Å²) in [6.07, 6.45) is 1.55. The van der Waals surface area contributed by atoms with Crippen molar-refractivity contribution in [1.29, 1.82) is 0 Å². The molecule has 1 aromatic carbocycles. The number of hydrogen-bond acceptors (Lipinski definition) is 4. The molecule has 0 fully saturated rings. The maximum Gasteiger partial charge on any atom is 0.280 e. The highest BCUT2D eigenvalue weighted by molar-refractivity contribution is 5.83. The summed E-state index contributed by atoms with van der Waals surface area (Å²) in [5, 5.41) is 10.8. The van der Waals surface area contributed by atoms with E-state index < -0.39 is 4.92 Å². The molecular weight excluding hydrogens is 244 g/mol. The summed E-state index contributed by atoms with van der Waals surface area (Å²) in [6, 6.07) is 4.95. The van der Waals surface area contributed by atoms with Gasteiger partial charge in [-0.3, -0.25) is 14.9 Å². The predicted octanol–water partition coefficient (Wildman–Crippen LogP) is 3.28. The maximum absolute atomic E-state index is 10.9. The minimum absolute atomic E-state index is 0.117. The summed E-state index contributed by atoms with van der Waals surface area (Å²) < 4.78 is 0. The van der Waals surface area contributed by atoms with E-state index in [1.165, 1.54) is 6.07 Å². The van der Waals surface area contributed by atoms with Crippen LogP contribution in [0, 0.1) is 16.0 Å². The predicted molar refractivity (Wildman–Crippen MR) is 75.8 cm³/mol. The van der Waals surface area contributed by atoms with Gasteiger partial charge in [-0.2, -0.15) is 0 Å². The van der Waals surface area contributed by atoms with E-state index in [0.29, 0.717) is 18.2 Å². The number of aldehydes is 1. The Kier molecular flexibility index (Phi) is 5.03. The lowest BCUT2D eigenvalue weighted by atomic mass is 10.0. The van der Waals surface area contributed by atoms with Gasteiger partial charge < -0.3 is 4.90 Å². The minimum atomic E-state index is -0.537. The van der Waals surface area contributed by atoms with Gasteiger partial charge in [-0.15, -0.1) is 0 Å². The van der Waals surface area contributed by atoms with Crippen LogP contribution in [0.3, 0.4) is 0 Å². The van der Waals surface area contributed by atoms with E-state index >= 15 is 0 Å². The summed E-state index contributed by atoms with van der Waals surface area (Å²) in [6.45, 7) is 6.40. The molecule has 0 heterocycles. The summed E-state index contributed by atoms with van der Waals surface area (Å²) in [4.78, 5) is 23.2. The fourth-order valence-electron chi connectivity index (χ4n) is 2.12. The fraction of sp³-hybridized carbons (Fsp3) is 0.500. The monoisotopic (exact) mass is 264 g/mol. The first-order valence-electron chi connectivity index (χ1n) is 6.33. The third kappa shape index (κ3) is 3.77. The van der Waals surface area contributed by atoms with Gasteiger partial charge in [0.2, 0.25) is 0 Å².